The Kier molecular flexibility index (Phi) is 3.25. The van der Waals surface area contributed by atoms with Crippen LogP contribution in [0.2, 0.25) is 0 Å². The van der Waals surface area contributed by atoms with Crippen LogP contribution in [0, 0.1) is 0 Å². The van der Waals surface area contributed by atoms with E-state index in [0.717, 1.165) is 0 Å². The Bertz CT molecular complexity index is 600. The Hall–Kier alpha value is -2.76. The fourth-order valence-electron chi connectivity index (χ4n) is 2.10. The van der Waals surface area contributed by atoms with E-state index in [0.29, 0.717) is 11.1 Å². The summed E-state index contributed by atoms with van der Waals surface area (Å²) in [5.74, 6) is -3.16. The van der Waals surface area contributed by atoms with Crippen LogP contribution in [-0.4, -0.2) is 30.6 Å². The highest BCUT2D eigenvalue weighted by Crippen LogP contribution is 2.44. The summed E-state index contributed by atoms with van der Waals surface area (Å²) in [4.78, 5) is 0. The molecule has 21 heavy (non-hydrogen) atoms. The van der Waals surface area contributed by atoms with Crippen molar-refractivity contribution >= 4 is 0 Å². The third-order valence-electron chi connectivity index (χ3n) is 3.58. The molecule has 0 aromatic heterocycles. The number of hydrogen-bond acceptors (Lipinski definition) is 6. The van der Waals surface area contributed by atoms with Crippen molar-refractivity contribution in [2.45, 2.75) is 19.3 Å². The molecule has 2 rings (SSSR count). The first kappa shape index (κ1) is 14.6. The first-order chi connectivity index (χ1) is 9.64. The fourth-order valence-corrected chi connectivity index (χ4v) is 2.10. The molecule has 0 atom stereocenters. The highest BCUT2D eigenvalue weighted by atomic mass is 16.3. The van der Waals surface area contributed by atoms with Gasteiger partial charge in [-0.15, -0.1) is 0 Å². The summed E-state index contributed by atoms with van der Waals surface area (Å²) in [6.45, 7) is 3.45. The second-order valence-electron chi connectivity index (χ2n) is 5.35. The molecule has 0 aliphatic rings. The van der Waals surface area contributed by atoms with Gasteiger partial charge in [-0.25, -0.2) is 0 Å². The predicted molar refractivity (Wildman–Crippen MR) is 75.0 cm³/mol. The third-order valence-corrected chi connectivity index (χ3v) is 3.58. The first-order valence-electron chi connectivity index (χ1n) is 6.15. The zero-order chi connectivity index (χ0) is 15.9. The molecule has 0 aliphatic carbocycles. The summed E-state index contributed by atoms with van der Waals surface area (Å²) >= 11 is 0. The van der Waals surface area contributed by atoms with E-state index in [4.69, 9.17) is 0 Å². The maximum Gasteiger partial charge on any atom is 0.200 e. The zero-order valence-corrected chi connectivity index (χ0v) is 11.5. The summed E-state index contributed by atoms with van der Waals surface area (Å²) in [5.41, 5.74) is 0.0604. The minimum atomic E-state index is -0.828. The lowest BCUT2D eigenvalue weighted by molar-refractivity contribution is 0.363. The monoisotopic (exact) mass is 292 g/mol. The molecule has 0 amide bonds. The highest BCUT2D eigenvalue weighted by molar-refractivity contribution is 5.58. The smallest absolute Gasteiger partial charge is 0.200 e. The lowest BCUT2D eigenvalue weighted by Gasteiger charge is -2.27. The standard InChI is InChI=1S/C15H16O6/c1-15(2,7-3-9(16)13(20)10(17)4-7)8-5-11(18)14(21)12(19)6-8/h3-6,16-21H,1-2H3. The lowest BCUT2D eigenvalue weighted by atomic mass is 9.77. The Morgan fingerprint density at radius 2 is 0.810 bits per heavy atom. The van der Waals surface area contributed by atoms with Gasteiger partial charge in [0.05, 0.1) is 0 Å². The van der Waals surface area contributed by atoms with Crippen molar-refractivity contribution in [3.05, 3.63) is 35.4 Å². The van der Waals surface area contributed by atoms with Gasteiger partial charge in [0.2, 0.25) is 0 Å². The van der Waals surface area contributed by atoms with Crippen molar-refractivity contribution in [1.29, 1.82) is 0 Å². The normalized spacial score (nSPS) is 11.5. The van der Waals surface area contributed by atoms with Crippen LogP contribution in [0.25, 0.3) is 0 Å². The quantitative estimate of drug-likeness (QED) is 0.472. The van der Waals surface area contributed by atoms with Gasteiger partial charge >= 0.3 is 0 Å². The van der Waals surface area contributed by atoms with Crippen LogP contribution >= 0.6 is 0 Å². The van der Waals surface area contributed by atoms with Crippen molar-refractivity contribution in [1.82, 2.24) is 0 Å². The van der Waals surface area contributed by atoms with E-state index in [2.05, 4.69) is 0 Å². The molecule has 0 radical (unpaired) electrons. The summed E-state index contributed by atoms with van der Waals surface area (Å²) in [6, 6.07) is 5.10. The lowest BCUT2D eigenvalue weighted by Crippen LogP contribution is -2.18. The third kappa shape index (κ3) is 2.35. The molecule has 6 heteroatoms. The summed E-state index contributed by atoms with van der Waals surface area (Å²) in [5, 5.41) is 57.1. The molecule has 0 heterocycles. The Morgan fingerprint density at radius 1 is 0.571 bits per heavy atom. The molecule has 0 unspecified atom stereocenters. The second-order valence-corrected chi connectivity index (χ2v) is 5.35. The number of aromatic hydroxyl groups is 6. The van der Waals surface area contributed by atoms with E-state index in [1.165, 1.54) is 24.3 Å². The highest BCUT2D eigenvalue weighted by Gasteiger charge is 2.27. The summed E-state index contributed by atoms with van der Waals surface area (Å²) in [7, 11) is 0. The SMILES string of the molecule is CC(C)(c1cc(O)c(O)c(O)c1)c1cc(O)c(O)c(O)c1. The molecule has 0 fully saturated rings. The summed E-state index contributed by atoms with van der Waals surface area (Å²) in [6.07, 6.45) is 0. The maximum absolute atomic E-state index is 9.60. The molecule has 0 bridgehead atoms. The number of hydrogen-bond donors (Lipinski definition) is 6. The molecular weight excluding hydrogens is 276 g/mol. The van der Waals surface area contributed by atoms with Crippen LogP contribution in [0.1, 0.15) is 25.0 Å². The molecular formula is C15H16O6. The number of phenolic OH excluding ortho intramolecular Hbond substituents is 6. The van der Waals surface area contributed by atoms with E-state index < -0.39 is 39.9 Å². The predicted octanol–water partition coefficient (Wildman–Crippen LogP) is 2.25. The van der Waals surface area contributed by atoms with Crippen molar-refractivity contribution < 1.29 is 30.6 Å². The largest absolute Gasteiger partial charge is 0.504 e. The van der Waals surface area contributed by atoms with E-state index in [1.54, 1.807) is 13.8 Å². The van der Waals surface area contributed by atoms with Crippen LogP contribution < -0.4 is 0 Å². The van der Waals surface area contributed by atoms with Gasteiger partial charge in [0.25, 0.3) is 0 Å². The Balaban J connectivity index is 2.61. The minimum absolute atomic E-state index is 0.444. The summed E-state index contributed by atoms with van der Waals surface area (Å²) < 4.78 is 0. The molecule has 6 nitrogen and oxygen atoms in total. The van der Waals surface area contributed by atoms with E-state index in [9.17, 15) is 30.6 Å². The number of benzene rings is 2. The van der Waals surface area contributed by atoms with Crippen LogP contribution in [0.5, 0.6) is 34.5 Å². The van der Waals surface area contributed by atoms with Crippen LogP contribution in [-0.2, 0) is 5.41 Å². The molecule has 2 aromatic carbocycles. The Labute approximate surface area is 120 Å². The van der Waals surface area contributed by atoms with Gasteiger partial charge in [0.15, 0.2) is 34.5 Å². The van der Waals surface area contributed by atoms with E-state index >= 15 is 0 Å². The van der Waals surface area contributed by atoms with Gasteiger partial charge in [-0.1, -0.05) is 13.8 Å². The van der Waals surface area contributed by atoms with Crippen molar-refractivity contribution in [3.63, 3.8) is 0 Å². The van der Waals surface area contributed by atoms with E-state index in [1.807, 2.05) is 0 Å². The Morgan fingerprint density at radius 3 is 1.05 bits per heavy atom. The molecule has 112 valence electrons. The van der Waals surface area contributed by atoms with Crippen LogP contribution in [0.3, 0.4) is 0 Å². The average molecular weight is 292 g/mol. The molecule has 0 saturated carbocycles. The molecule has 0 aliphatic heterocycles. The second kappa shape index (κ2) is 4.66. The molecule has 2 aromatic rings. The average Bonchev–Trinajstić information content (AvgIpc) is 2.40. The molecule has 6 N–H and O–H groups in total. The molecule has 0 spiro atoms. The van der Waals surface area contributed by atoms with Gasteiger partial charge in [0.1, 0.15) is 0 Å². The van der Waals surface area contributed by atoms with Crippen LogP contribution in [0.4, 0.5) is 0 Å². The zero-order valence-electron chi connectivity index (χ0n) is 11.5. The van der Waals surface area contributed by atoms with Gasteiger partial charge in [-0.2, -0.15) is 0 Å². The van der Waals surface area contributed by atoms with Crippen molar-refractivity contribution in [2.75, 3.05) is 0 Å². The first-order valence-corrected chi connectivity index (χ1v) is 6.15. The van der Waals surface area contributed by atoms with E-state index in [-0.39, 0.29) is 0 Å². The minimum Gasteiger partial charge on any atom is -0.504 e. The van der Waals surface area contributed by atoms with Crippen molar-refractivity contribution in [2.24, 2.45) is 0 Å². The fraction of sp³-hybridized carbons (Fsp3) is 0.200. The van der Waals surface area contributed by atoms with Gasteiger partial charge in [-0.3, -0.25) is 0 Å². The topological polar surface area (TPSA) is 121 Å². The van der Waals surface area contributed by atoms with Gasteiger partial charge in [0, 0.05) is 5.41 Å². The van der Waals surface area contributed by atoms with Gasteiger partial charge in [-0.05, 0) is 35.4 Å². The van der Waals surface area contributed by atoms with Crippen LogP contribution in [0.15, 0.2) is 24.3 Å². The van der Waals surface area contributed by atoms with Crippen molar-refractivity contribution in [3.8, 4) is 34.5 Å². The molecule has 0 saturated heterocycles. The van der Waals surface area contributed by atoms with Gasteiger partial charge < -0.3 is 30.6 Å². The number of rotatable bonds is 2. The number of phenols is 6. The maximum atomic E-state index is 9.60.